The summed E-state index contributed by atoms with van der Waals surface area (Å²) in [6.45, 7) is 25.0. The molecule has 0 saturated heterocycles. The fourth-order valence-corrected chi connectivity index (χ4v) is 12.9. The van der Waals surface area contributed by atoms with E-state index < -0.39 is 17.4 Å². The van der Waals surface area contributed by atoms with Crippen molar-refractivity contribution in [3.05, 3.63) is 53.4 Å². The highest BCUT2D eigenvalue weighted by molar-refractivity contribution is 5.90. The van der Waals surface area contributed by atoms with Gasteiger partial charge in [-0.05, 0) is 160 Å². The Balaban J connectivity index is 1.33. The first-order chi connectivity index (χ1) is 22.2. The molecule has 264 valence electrons. The summed E-state index contributed by atoms with van der Waals surface area (Å²) in [7, 11) is 1.28. The number of amides is 1. The van der Waals surface area contributed by atoms with Crippen molar-refractivity contribution in [1.29, 1.82) is 0 Å². The summed E-state index contributed by atoms with van der Waals surface area (Å²) in [6, 6.07) is 4.99. The molecule has 0 radical (unpaired) electrons. The van der Waals surface area contributed by atoms with Gasteiger partial charge in [-0.2, -0.15) is 0 Å². The number of esters is 1. The van der Waals surface area contributed by atoms with Crippen LogP contribution in [0, 0.1) is 57.1 Å². The zero-order valence-corrected chi connectivity index (χ0v) is 31.3. The number of fused-ring (bicyclic) bond motifs is 7. The van der Waals surface area contributed by atoms with Gasteiger partial charge < -0.3 is 14.8 Å². The van der Waals surface area contributed by atoms with Crippen LogP contribution in [0.3, 0.4) is 0 Å². The van der Waals surface area contributed by atoms with Crippen LogP contribution in [0.4, 0.5) is 9.18 Å². The Morgan fingerprint density at radius 2 is 1.65 bits per heavy atom. The van der Waals surface area contributed by atoms with E-state index in [4.69, 9.17) is 9.47 Å². The van der Waals surface area contributed by atoms with E-state index in [9.17, 15) is 9.59 Å². The molecular formula is C42H60FNO4. The highest BCUT2D eigenvalue weighted by Gasteiger charge is 2.70. The van der Waals surface area contributed by atoms with Crippen molar-refractivity contribution in [2.45, 2.75) is 131 Å². The second kappa shape index (κ2) is 11.5. The summed E-state index contributed by atoms with van der Waals surface area (Å²) in [5.74, 6) is 1.12. The van der Waals surface area contributed by atoms with E-state index >= 15 is 4.39 Å². The summed E-state index contributed by atoms with van der Waals surface area (Å²) >= 11 is 0. The van der Waals surface area contributed by atoms with E-state index in [1.165, 1.54) is 43.6 Å². The third kappa shape index (κ3) is 5.12. The molecule has 0 aromatic heterocycles. The van der Waals surface area contributed by atoms with Crippen molar-refractivity contribution in [3.63, 3.8) is 0 Å². The summed E-state index contributed by atoms with van der Waals surface area (Å²) in [5.41, 5.74) is 2.78. The maximum atomic E-state index is 15.2. The largest absolute Gasteiger partial charge is 0.465 e. The lowest BCUT2D eigenvalue weighted by Gasteiger charge is -2.72. The van der Waals surface area contributed by atoms with Crippen molar-refractivity contribution in [2.75, 3.05) is 7.11 Å². The zero-order chi connectivity index (χ0) is 35.2. The van der Waals surface area contributed by atoms with Gasteiger partial charge in [0, 0.05) is 5.54 Å². The van der Waals surface area contributed by atoms with Crippen LogP contribution in [0.2, 0.25) is 0 Å². The predicted molar refractivity (Wildman–Crippen MR) is 190 cm³/mol. The van der Waals surface area contributed by atoms with E-state index in [2.05, 4.69) is 59.5 Å². The number of nitrogens with one attached hydrogen (secondary N) is 1. The van der Waals surface area contributed by atoms with Gasteiger partial charge in [0.15, 0.2) is 0 Å². The Morgan fingerprint density at radius 1 is 0.938 bits per heavy atom. The summed E-state index contributed by atoms with van der Waals surface area (Å²) in [5, 5.41) is 3.51. The molecule has 6 heteroatoms. The minimum absolute atomic E-state index is 0.0207. The van der Waals surface area contributed by atoms with Gasteiger partial charge in [-0.1, -0.05) is 58.9 Å². The lowest BCUT2D eigenvalue weighted by atomic mass is 9.33. The lowest BCUT2D eigenvalue weighted by molar-refractivity contribution is -0.219. The Bertz CT molecular complexity index is 1540. The number of hydrogen-bond acceptors (Lipinski definition) is 4. The number of allylic oxidation sites excluding steroid dienone is 3. The maximum absolute atomic E-state index is 15.2. The molecule has 5 nitrogen and oxygen atoms in total. The number of alkyl carbamates (subject to hydrolysis) is 1. The van der Waals surface area contributed by atoms with Gasteiger partial charge in [0.25, 0.3) is 0 Å². The monoisotopic (exact) mass is 661 g/mol. The summed E-state index contributed by atoms with van der Waals surface area (Å²) in [6.07, 6.45) is 11.9. The molecule has 5 aliphatic rings. The SMILES string of the molecule is C=C(C)[C@@H]1CC[C@]2(NC(=O)OC(C)(C)C)CC[C@]3(C)[C@H](CC[C@@H]4[C@@]5(C)CC=C(c6ccc(C(=O)OC)c(F)c6)C(C)(C)[C@@H]5CC[C@]43C)[C@@H]12. The zero-order valence-electron chi connectivity index (χ0n) is 31.3. The number of carbonyl (C=O) groups is 2. The fraction of sp³-hybridized carbons (Fsp3) is 0.714. The Hall–Kier alpha value is -2.63. The molecule has 4 saturated carbocycles. The number of halogens is 1. The molecule has 0 heterocycles. The molecule has 4 fully saturated rings. The fourth-order valence-electron chi connectivity index (χ4n) is 12.9. The van der Waals surface area contributed by atoms with Gasteiger partial charge >= 0.3 is 12.1 Å². The number of benzene rings is 1. The quantitative estimate of drug-likeness (QED) is 0.258. The van der Waals surface area contributed by atoms with Crippen LogP contribution in [0.1, 0.15) is 136 Å². The first-order valence-corrected chi connectivity index (χ1v) is 18.5. The number of methoxy groups -OCH3 is 1. The highest BCUT2D eigenvalue weighted by atomic mass is 19.1. The maximum Gasteiger partial charge on any atom is 0.408 e. The van der Waals surface area contributed by atoms with Gasteiger partial charge in [-0.3, -0.25) is 0 Å². The van der Waals surface area contributed by atoms with Crippen LogP contribution >= 0.6 is 0 Å². The average Bonchev–Trinajstić information content (AvgIpc) is 3.35. The molecule has 1 aromatic rings. The number of carbonyl (C=O) groups excluding carboxylic acids is 2. The molecule has 1 N–H and O–H groups in total. The molecule has 0 spiro atoms. The van der Waals surface area contributed by atoms with Crippen LogP contribution < -0.4 is 5.32 Å². The molecule has 9 atom stereocenters. The summed E-state index contributed by atoms with van der Waals surface area (Å²) in [4.78, 5) is 25.4. The molecular weight excluding hydrogens is 601 g/mol. The molecule has 6 rings (SSSR count). The van der Waals surface area contributed by atoms with Crippen molar-refractivity contribution in [2.24, 2.45) is 51.2 Å². The number of ether oxygens (including phenoxy) is 2. The van der Waals surface area contributed by atoms with Crippen molar-refractivity contribution in [1.82, 2.24) is 5.32 Å². The van der Waals surface area contributed by atoms with Gasteiger partial charge in [0.05, 0.1) is 12.7 Å². The van der Waals surface area contributed by atoms with Gasteiger partial charge in [0.2, 0.25) is 0 Å². The van der Waals surface area contributed by atoms with Crippen molar-refractivity contribution in [3.8, 4) is 0 Å². The predicted octanol–water partition coefficient (Wildman–Crippen LogP) is 10.5. The minimum atomic E-state index is -0.646. The molecule has 5 aliphatic carbocycles. The molecule has 0 bridgehead atoms. The smallest absolute Gasteiger partial charge is 0.408 e. The van der Waals surface area contributed by atoms with E-state index in [-0.39, 0.29) is 38.9 Å². The van der Waals surface area contributed by atoms with Gasteiger partial charge in [-0.25, -0.2) is 14.0 Å². The Labute approximate surface area is 288 Å². The normalized spacial score (nSPS) is 39.9. The van der Waals surface area contributed by atoms with E-state index in [0.717, 1.165) is 44.1 Å². The minimum Gasteiger partial charge on any atom is -0.465 e. The first kappa shape index (κ1) is 35.2. The molecule has 48 heavy (non-hydrogen) atoms. The third-order valence-corrected chi connectivity index (χ3v) is 15.1. The van der Waals surface area contributed by atoms with Gasteiger partial charge in [0.1, 0.15) is 11.4 Å². The van der Waals surface area contributed by atoms with Crippen LogP contribution in [0.25, 0.3) is 5.57 Å². The average molecular weight is 662 g/mol. The van der Waals surface area contributed by atoms with E-state index in [1.54, 1.807) is 6.07 Å². The third-order valence-electron chi connectivity index (χ3n) is 15.1. The number of rotatable bonds is 4. The molecule has 0 aliphatic heterocycles. The van der Waals surface area contributed by atoms with Crippen molar-refractivity contribution >= 4 is 17.6 Å². The topological polar surface area (TPSA) is 64.6 Å². The highest BCUT2D eigenvalue weighted by Crippen LogP contribution is 2.76. The van der Waals surface area contributed by atoms with Crippen LogP contribution in [-0.2, 0) is 9.47 Å². The van der Waals surface area contributed by atoms with Crippen molar-refractivity contribution < 1.29 is 23.5 Å². The Kier molecular flexibility index (Phi) is 8.40. The van der Waals surface area contributed by atoms with Gasteiger partial charge in [-0.15, -0.1) is 0 Å². The van der Waals surface area contributed by atoms with E-state index in [1.807, 2.05) is 26.8 Å². The molecule has 1 amide bonds. The summed E-state index contributed by atoms with van der Waals surface area (Å²) < 4.78 is 25.8. The Morgan fingerprint density at radius 3 is 2.27 bits per heavy atom. The standard InChI is InChI=1S/C42H60FNO4/c1-25(2)27-16-21-42(44-36(46)48-37(3,4)5)23-22-40(9)30(34(27)42)14-15-33-39(8)19-17-29(38(6,7)32(39)18-20-41(33,40)10)26-12-13-28(31(43)24-26)35(45)47-11/h12-13,17,24,27,30,32-34H,1,14-16,18-23H2,2-11H3,(H,44,46)/t27-,30+,32-,33+,34+,39-,40+,41+,42-/m0/s1. The first-order valence-electron chi connectivity index (χ1n) is 18.5. The second-order valence-corrected chi connectivity index (χ2v) is 18.7. The van der Waals surface area contributed by atoms with Crippen LogP contribution in [0.5, 0.6) is 0 Å². The molecule has 1 aromatic carbocycles. The van der Waals surface area contributed by atoms with E-state index in [0.29, 0.717) is 29.6 Å². The lowest BCUT2D eigenvalue weighted by Crippen LogP contribution is -2.68. The number of hydrogen-bond donors (Lipinski definition) is 1. The second-order valence-electron chi connectivity index (χ2n) is 18.7. The molecule has 0 unspecified atom stereocenters. The van der Waals surface area contributed by atoms with Crippen LogP contribution in [-0.4, -0.2) is 30.3 Å². The van der Waals surface area contributed by atoms with Crippen LogP contribution in [0.15, 0.2) is 36.4 Å².